The molecule has 4 nitrogen and oxygen atoms in total. The third-order valence-corrected chi connectivity index (χ3v) is 4.38. The van der Waals surface area contributed by atoms with Crippen molar-refractivity contribution in [3.8, 4) is 5.75 Å². The maximum atomic E-state index is 5.89. The molecule has 3 rings (SSSR count). The lowest BCUT2D eigenvalue weighted by atomic mass is 10.1. The molecule has 1 saturated heterocycles. The van der Waals surface area contributed by atoms with Gasteiger partial charge < -0.3 is 9.64 Å². The number of hydrogen-bond acceptors (Lipinski definition) is 4. The number of benzene rings is 2. The molecule has 1 aliphatic rings. The van der Waals surface area contributed by atoms with E-state index < -0.39 is 0 Å². The van der Waals surface area contributed by atoms with Gasteiger partial charge in [-0.25, -0.2) is 0 Å². The molecular weight excluding hydrogens is 310 g/mol. The van der Waals surface area contributed by atoms with E-state index in [4.69, 9.17) is 4.74 Å². The van der Waals surface area contributed by atoms with Crippen LogP contribution in [0.15, 0.2) is 59.7 Å². The fourth-order valence-corrected chi connectivity index (χ4v) is 3.04. The molecule has 1 fully saturated rings. The number of para-hydroxylation sites is 1. The molecule has 0 aliphatic carbocycles. The third-order valence-electron chi connectivity index (χ3n) is 4.38. The minimum Gasteiger partial charge on any atom is -0.494 e. The second-order valence-corrected chi connectivity index (χ2v) is 6.41. The van der Waals surface area contributed by atoms with Crippen molar-refractivity contribution in [3.63, 3.8) is 0 Å². The van der Waals surface area contributed by atoms with E-state index in [1.165, 1.54) is 32.4 Å². The van der Waals surface area contributed by atoms with E-state index >= 15 is 0 Å². The van der Waals surface area contributed by atoms with Crippen molar-refractivity contribution < 1.29 is 4.74 Å². The van der Waals surface area contributed by atoms with Gasteiger partial charge in [0.15, 0.2) is 0 Å². The molecule has 132 valence electrons. The maximum Gasteiger partial charge on any atom is 0.119 e. The minimum absolute atomic E-state index is 0.763. The first-order chi connectivity index (χ1) is 12.4. The number of anilines is 1. The normalized spacial score (nSPS) is 15.4. The topological polar surface area (TPSA) is 36.9 Å². The summed E-state index contributed by atoms with van der Waals surface area (Å²) in [5, 5.41) is 4.27. The smallest absolute Gasteiger partial charge is 0.119 e. The Morgan fingerprint density at radius 3 is 2.68 bits per heavy atom. The van der Waals surface area contributed by atoms with Crippen molar-refractivity contribution in [1.29, 1.82) is 0 Å². The summed E-state index contributed by atoms with van der Waals surface area (Å²) in [6, 6.07) is 18.0. The van der Waals surface area contributed by atoms with Crippen LogP contribution >= 0.6 is 0 Å². The van der Waals surface area contributed by atoms with E-state index in [1.54, 1.807) is 0 Å². The highest BCUT2D eigenvalue weighted by Crippen LogP contribution is 2.13. The summed E-state index contributed by atoms with van der Waals surface area (Å²) in [6.45, 7) is 4.40. The van der Waals surface area contributed by atoms with Gasteiger partial charge in [-0.05, 0) is 62.2 Å². The van der Waals surface area contributed by atoms with Gasteiger partial charge in [0.25, 0.3) is 0 Å². The van der Waals surface area contributed by atoms with Crippen LogP contribution < -0.4 is 10.2 Å². The highest BCUT2D eigenvalue weighted by atomic mass is 16.5. The van der Waals surface area contributed by atoms with Gasteiger partial charge in [0.05, 0.1) is 18.5 Å². The summed E-state index contributed by atoms with van der Waals surface area (Å²) in [5.41, 5.74) is 5.03. The van der Waals surface area contributed by atoms with Gasteiger partial charge in [0, 0.05) is 6.54 Å². The fourth-order valence-electron chi connectivity index (χ4n) is 3.04. The SMILES string of the molecule is C(=NNc1ccccc1)c1cccc(OCCCN2CCCCC2)c1. The molecule has 0 amide bonds. The van der Waals surface area contributed by atoms with Gasteiger partial charge in [-0.1, -0.05) is 36.8 Å². The quantitative estimate of drug-likeness (QED) is 0.441. The number of rotatable bonds is 8. The summed E-state index contributed by atoms with van der Waals surface area (Å²) in [7, 11) is 0. The van der Waals surface area contributed by atoms with E-state index in [0.29, 0.717) is 0 Å². The largest absolute Gasteiger partial charge is 0.494 e. The standard InChI is InChI=1S/C21H27N3O/c1-3-10-20(11-4-1)23-22-18-19-9-7-12-21(17-19)25-16-8-15-24-13-5-2-6-14-24/h1,3-4,7,9-12,17-18,23H,2,5-6,8,13-16H2. The van der Waals surface area contributed by atoms with Crippen LogP contribution in [0, 0.1) is 0 Å². The fraction of sp³-hybridized carbons (Fsp3) is 0.381. The molecule has 0 saturated carbocycles. The van der Waals surface area contributed by atoms with E-state index in [0.717, 1.165) is 36.6 Å². The van der Waals surface area contributed by atoms with Crippen LogP contribution in [0.1, 0.15) is 31.2 Å². The van der Waals surface area contributed by atoms with Gasteiger partial charge in [0.1, 0.15) is 5.75 Å². The van der Waals surface area contributed by atoms with Crippen LogP contribution in [-0.2, 0) is 0 Å². The zero-order chi connectivity index (χ0) is 17.2. The molecule has 0 radical (unpaired) electrons. The lowest BCUT2D eigenvalue weighted by Crippen LogP contribution is -2.31. The van der Waals surface area contributed by atoms with E-state index in [2.05, 4.69) is 15.4 Å². The van der Waals surface area contributed by atoms with Gasteiger partial charge in [0.2, 0.25) is 0 Å². The number of ether oxygens (including phenoxy) is 1. The second-order valence-electron chi connectivity index (χ2n) is 6.41. The zero-order valence-corrected chi connectivity index (χ0v) is 14.7. The average molecular weight is 337 g/mol. The van der Waals surface area contributed by atoms with Crippen molar-refractivity contribution in [1.82, 2.24) is 4.90 Å². The van der Waals surface area contributed by atoms with E-state index in [9.17, 15) is 0 Å². The predicted molar refractivity (Wildman–Crippen MR) is 105 cm³/mol. The van der Waals surface area contributed by atoms with Crippen LogP contribution in [0.2, 0.25) is 0 Å². The lowest BCUT2D eigenvalue weighted by molar-refractivity contribution is 0.205. The van der Waals surface area contributed by atoms with Crippen LogP contribution in [0.3, 0.4) is 0 Å². The molecular formula is C21H27N3O. The molecule has 0 spiro atoms. The third kappa shape index (κ3) is 6.24. The van der Waals surface area contributed by atoms with Crippen molar-refractivity contribution in [2.24, 2.45) is 5.10 Å². The molecule has 0 atom stereocenters. The Morgan fingerprint density at radius 2 is 1.84 bits per heavy atom. The summed E-state index contributed by atoms with van der Waals surface area (Å²) in [6.07, 6.45) is 6.97. The van der Waals surface area contributed by atoms with Gasteiger partial charge in [-0.15, -0.1) is 0 Å². The zero-order valence-electron chi connectivity index (χ0n) is 14.7. The number of hydrogen-bond donors (Lipinski definition) is 1. The predicted octanol–water partition coefficient (Wildman–Crippen LogP) is 4.39. The van der Waals surface area contributed by atoms with Crippen LogP contribution in [0.5, 0.6) is 5.75 Å². The van der Waals surface area contributed by atoms with Crippen LogP contribution in [0.25, 0.3) is 0 Å². The molecule has 2 aromatic rings. The Balaban J connectivity index is 1.41. The Labute approximate surface area is 150 Å². The van der Waals surface area contributed by atoms with E-state index in [-0.39, 0.29) is 0 Å². The molecule has 4 heteroatoms. The molecule has 0 bridgehead atoms. The number of nitrogens with one attached hydrogen (secondary N) is 1. The highest BCUT2D eigenvalue weighted by molar-refractivity contribution is 5.80. The van der Waals surface area contributed by atoms with Gasteiger partial charge >= 0.3 is 0 Å². The van der Waals surface area contributed by atoms with Crippen LogP contribution in [0.4, 0.5) is 5.69 Å². The average Bonchev–Trinajstić information content (AvgIpc) is 2.67. The Bertz CT molecular complexity index is 651. The molecule has 0 aromatic heterocycles. The van der Waals surface area contributed by atoms with Crippen LogP contribution in [-0.4, -0.2) is 37.4 Å². The highest BCUT2D eigenvalue weighted by Gasteiger charge is 2.08. The van der Waals surface area contributed by atoms with E-state index in [1.807, 2.05) is 60.8 Å². The summed E-state index contributed by atoms with van der Waals surface area (Å²) in [4.78, 5) is 2.55. The van der Waals surface area contributed by atoms with Crippen molar-refractivity contribution >= 4 is 11.9 Å². The molecule has 1 N–H and O–H groups in total. The Morgan fingerprint density at radius 1 is 1.00 bits per heavy atom. The lowest BCUT2D eigenvalue weighted by Gasteiger charge is -2.26. The Kier molecular flexibility index (Phi) is 6.89. The number of piperidine rings is 1. The molecule has 0 unspecified atom stereocenters. The summed E-state index contributed by atoms with van der Waals surface area (Å²) < 4.78 is 5.89. The van der Waals surface area contributed by atoms with Gasteiger partial charge in [-0.3, -0.25) is 5.43 Å². The Hall–Kier alpha value is -2.33. The first-order valence-electron chi connectivity index (χ1n) is 9.19. The molecule has 1 aliphatic heterocycles. The molecule has 1 heterocycles. The number of nitrogens with zero attached hydrogens (tertiary/aromatic N) is 2. The monoisotopic (exact) mass is 337 g/mol. The van der Waals surface area contributed by atoms with Crippen molar-refractivity contribution in [3.05, 3.63) is 60.2 Å². The molecule has 2 aromatic carbocycles. The van der Waals surface area contributed by atoms with Crippen molar-refractivity contribution in [2.75, 3.05) is 31.7 Å². The number of likely N-dealkylation sites (tertiary alicyclic amines) is 1. The first-order valence-corrected chi connectivity index (χ1v) is 9.19. The second kappa shape index (κ2) is 9.84. The first kappa shape index (κ1) is 17.5. The minimum atomic E-state index is 0.763. The summed E-state index contributed by atoms with van der Waals surface area (Å²) in [5.74, 6) is 0.905. The van der Waals surface area contributed by atoms with Crippen molar-refractivity contribution in [2.45, 2.75) is 25.7 Å². The van der Waals surface area contributed by atoms with Gasteiger partial charge in [-0.2, -0.15) is 5.10 Å². The number of hydrazone groups is 1. The summed E-state index contributed by atoms with van der Waals surface area (Å²) >= 11 is 0. The molecule has 25 heavy (non-hydrogen) atoms. The maximum absolute atomic E-state index is 5.89.